The molecule has 0 aromatic rings. The molecule has 0 aliphatic carbocycles. The second-order valence-corrected chi connectivity index (χ2v) is 3.24. The lowest BCUT2D eigenvalue weighted by atomic mass is 10.4. The number of nitrogens with two attached hydrogens (primary N) is 1. The van der Waals surface area contributed by atoms with Crippen LogP contribution in [-0.2, 0) is 4.74 Å². The van der Waals surface area contributed by atoms with Crippen molar-refractivity contribution in [2.24, 2.45) is 5.73 Å². The molecule has 3 nitrogen and oxygen atoms in total. The normalized spacial score (nSPS) is 12.4. The van der Waals surface area contributed by atoms with Crippen LogP contribution in [0.3, 0.4) is 0 Å². The number of ether oxygens (including phenoxy) is 1. The van der Waals surface area contributed by atoms with Crippen LogP contribution in [0.2, 0.25) is 0 Å². The zero-order chi connectivity index (χ0) is 11.7. The van der Waals surface area contributed by atoms with Gasteiger partial charge in [0.15, 0.2) is 0 Å². The van der Waals surface area contributed by atoms with Gasteiger partial charge < -0.3 is 15.4 Å². The van der Waals surface area contributed by atoms with Crippen molar-refractivity contribution in [1.82, 2.24) is 4.90 Å². The number of rotatable bonds is 8. The molecule has 0 saturated carbocycles. The number of hydrogen-bond acceptors (Lipinski definition) is 3. The molecule has 0 amide bonds. The molecule has 6 heteroatoms. The molecule has 0 radical (unpaired) electrons. The molecule has 0 rings (SSSR count). The molecule has 2 N–H and O–H groups in total. The third-order valence-electron chi connectivity index (χ3n) is 1.92. The van der Waals surface area contributed by atoms with Crippen molar-refractivity contribution in [3.8, 4) is 0 Å². The smallest absolute Gasteiger partial charge is 0.372 e. The minimum Gasteiger partial charge on any atom is -0.372 e. The number of halogens is 3. The van der Waals surface area contributed by atoms with Crippen LogP contribution in [0.15, 0.2) is 0 Å². The predicted octanol–water partition coefficient (Wildman–Crippen LogP) is 1.24. The summed E-state index contributed by atoms with van der Waals surface area (Å²) >= 11 is 0. The van der Waals surface area contributed by atoms with Crippen LogP contribution in [0.5, 0.6) is 0 Å². The molecule has 0 spiro atoms. The van der Waals surface area contributed by atoms with Gasteiger partial charge in [0.1, 0.15) is 6.61 Å². The Morgan fingerprint density at radius 2 is 1.93 bits per heavy atom. The Morgan fingerprint density at radius 3 is 2.40 bits per heavy atom. The zero-order valence-corrected chi connectivity index (χ0v) is 9.02. The van der Waals surface area contributed by atoms with Crippen LogP contribution in [0.4, 0.5) is 13.2 Å². The van der Waals surface area contributed by atoms with E-state index < -0.39 is 12.8 Å². The van der Waals surface area contributed by atoms with Gasteiger partial charge in [0.25, 0.3) is 0 Å². The van der Waals surface area contributed by atoms with Crippen molar-refractivity contribution in [2.45, 2.75) is 19.5 Å². The highest BCUT2D eigenvalue weighted by atomic mass is 19.4. The maximum Gasteiger partial charge on any atom is 0.411 e. The highest BCUT2D eigenvalue weighted by molar-refractivity contribution is 4.55. The molecule has 0 aliphatic rings. The summed E-state index contributed by atoms with van der Waals surface area (Å²) in [6.07, 6.45) is -3.62. The van der Waals surface area contributed by atoms with Gasteiger partial charge >= 0.3 is 6.18 Å². The Hall–Kier alpha value is -0.330. The Balaban J connectivity index is 3.36. The van der Waals surface area contributed by atoms with Crippen LogP contribution in [-0.4, -0.2) is 50.5 Å². The van der Waals surface area contributed by atoms with E-state index in [1.165, 1.54) is 0 Å². The first-order chi connectivity index (χ1) is 6.99. The second kappa shape index (κ2) is 7.90. The molecule has 92 valence electrons. The van der Waals surface area contributed by atoms with Gasteiger partial charge in [0.05, 0.1) is 0 Å². The van der Waals surface area contributed by atoms with E-state index in [9.17, 15) is 13.2 Å². The molecule has 0 atom stereocenters. The van der Waals surface area contributed by atoms with E-state index in [4.69, 9.17) is 5.73 Å². The summed E-state index contributed by atoms with van der Waals surface area (Å²) in [7, 11) is 0. The van der Waals surface area contributed by atoms with E-state index in [0.717, 1.165) is 19.6 Å². The van der Waals surface area contributed by atoms with E-state index in [1.54, 1.807) is 0 Å². The Bertz CT molecular complexity index is 153. The first-order valence-corrected chi connectivity index (χ1v) is 5.06. The SMILES string of the molecule is CCN(CCN)CCCOCC(F)(F)F. The van der Waals surface area contributed by atoms with E-state index in [0.29, 0.717) is 13.0 Å². The fourth-order valence-corrected chi connectivity index (χ4v) is 1.19. The molecule has 0 aromatic carbocycles. The third-order valence-corrected chi connectivity index (χ3v) is 1.92. The van der Waals surface area contributed by atoms with Crippen molar-refractivity contribution < 1.29 is 17.9 Å². The van der Waals surface area contributed by atoms with Gasteiger partial charge in [-0.2, -0.15) is 13.2 Å². The van der Waals surface area contributed by atoms with Crippen molar-refractivity contribution in [2.75, 3.05) is 39.4 Å². The summed E-state index contributed by atoms with van der Waals surface area (Å²) < 4.78 is 39.5. The Morgan fingerprint density at radius 1 is 1.27 bits per heavy atom. The number of likely N-dealkylation sites (N-methyl/N-ethyl adjacent to an activating group) is 1. The lowest BCUT2D eigenvalue weighted by Crippen LogP contribution is -2.31. The largest absolute Gasteiger partial charge is 0.411 e. The topological polar surface area (TPSA) is 38.5 Å². The van der Waals surface area contributed by atoms with E-state index in [1.807, 2.05) is 6.92 Å². The second-order valence-electron chi connectivity index (χ2n) is 3.24. The number of nitrogens with zero attached hydrogens (tertiary/aromatic N) is 1. The van der Waals surface area contributed by atoms with E-state index in [-0.39, 0.29) is 6.61 Å². The summed E-state index contributed by atoms with van der Waals surface area (Å²) in [5, 5.41) is 0. The lowest BCUT2D eigenvalue weighted by molar-refractivity contribution is -0.174. The number of alkyl halides is 3. The average Bonchev–Trinajstić information content (AvgIpc) is 2.14. The monoisotopic (exact) mass is 228 g/mol. The third kappa shape index (κ3) is 9.96. The predicted molar refractivity (Wildman–Crippen MR) is 52.7 cm³/mol. The maximum atomic E-state index is 11.7. The van der Waals surface area contributed by atoms with Gasteiger partial charge in [0.2, 0.25) is 0 Å². The fraction of sp³-hybridized carbons (Fsp3) is 1.00. The highest BCUT2D eigenvalue weighted by Crippen LogP contribution is 2.14. The van der Waals surface area contributed by atoms with Crippen molar-refractivity contribution >= 4 is 0 Å². The van der Waals surface area contributed by atoms with Gasteiger partial charge in [-0.1, -0.05) is 6.92 Å². The molecule has 0 saturated heterocycles. The minimum atomic E-state index is -4.22. The molecule has 0 aliphatic heterocycles. The molecule has 0 aromatic heterocycles. The summed E-state index contributed by atoms with van der Waals surface area (Å²) in [4.78, 5) is 2.08. The molecule has 15 heavy (non-hydrogen) atoms. The lowest BCUT2D eigenvalue weighted by Gasteiger charge is -2.19. The zero-order valence-electron chi connectivity index (χ0n) is 9.02. The molecular weight excluding hydrogens is 209 g/mol. The van der Waals surface area contributed by atoms with Crippen LogP contribution < -0.4 is 5.73 Å². The van der Waals surface area contributed by atoms with Gasteiger partial charge in [-0.15, -0.1) is 0 Å². The summed E-state index contributed by atoms with van der Waals surface area (Å²) in [5.74, 6) is 0. The maximum absolute atomic E-state index is 11.7. The van der Waals surface area contributed by atoms with Gasteiger partial charge in [-0.25, -0.2) is 0 Å². The highest BCUT2D eigenvalue weighted by Gasteiger charge is 2.27. The molecule has 0 heterocycles. The molecule has 0 fully saturated rings. The Kier molecular flexibility index (Phi) is 7.72. The number of hydrogen-bond donors (Lipinski definition) is 1. The summed E-state index contributed by atoms with van der Waals surface area (Å²) in [6, 6.07) is 0. The van der Waals surface area contributed by atoms with Crippen molar-refractivity contribution in [1.29, 1.82) is 0 Å². The van der Waals surface area contributed by atoms with Crippen LogP contribution in [0.1, 0.15) is 13.3 Å². The van der Waals surface area contributed by atoms with Gasteiger partial charge in [-0.05, 0) is 13.0 Å². The molecule has 0 bridgehead atoms. The average molecular weight is 228 g/mol. The van der Waals surface area contributed by atoms with E-state index >= 15 is 0 Å². The standard InChI is InChI=1S/C9H19F3N2O/c1-2-14(6-4-13)5-3-7-15-8-9(10,11)12/h2-8,13H2,1H3. The first-order valence-electron chi connectivity index (χ1n) is 5.06. The molecule has 0 unspecified atom stereocenters. The minimum absolute atomic E-state index is 0.139. The summed E-state index contributed by atoms with van der Waals surface area (Å²) in [6.45, 7) is 3.90. The Labute approximate surface area is 88.4 Å². The quantitative estimate of drug-likeness (QED) is 0.635. The van der Waals surface area contributed by atoms with Gasteiger partial charge in [0, 0.05) is 26.2 Å². The van der Waals surface area contributed by atoms with Crippen LogP contribution in [0, 0.1) is 0 Å². The van der Waals surface area contributed by atoms with Crippen molar-refractivity contribution in [3.63, 3.8) is 0 Å². The molecular formula is C9H19F3N2O. The fourth-order valence-electron chi connectivity index (χ4n) is 1.19. The van der Waals surface area contributed by atoms with Crippen molar-refractivity contribution in [3.05, 3.63) is 0 Å². The van der Waals surface area contributed by atoms with E-state index in [2.05, 4.69) is 9.64 Å². The van der Waals surface area contributed by atoms with Gasteiger partial charge in [-0.3, -0.25) is 0 Å². The summed E-state index contributed by atoms with van der Waals surface area (Å²) in [5.41, 5.74) is 5.37. The van der Waals surface area contributed by atoms with Crippen LogP contribution in [0.25, 0.3) is 0 Å². The van der Waals surface area contributed by atoms with Crippen LogP contribution >= 0.6 is 0 Å². The first kappa shape index (κ1) is 14.7.